The number of sulfonamides is 1. The predicted octanol–water partition coefficient (Wildman–Crippen LogP) is 1.70. The van der Waals surface area contributed by atoms with Gasteiger partial charge in [0.05, 0.1) is 11.2 Å². The first-order valence-electron chi connectivity index (χ1n) is 7.03. The van der Waals surface area contributed by atoms with Crippen LogP contribution in [0.1, 0.15) is 11.3 Å². The molecular weight excluding hydrogens is 316 g/mol. The molecule has 2 N–H and O–H groups in total. The maximum absolute atomic E-state index is 12.0. The maximum Gasteiger partial charge on any atom is 0.244 e. The van der Waals surface area contributed by atoms with E-state index in [2.05, 4.69) is 10.0 Å². The summed E-state index contributed by atoms with van der Waals surface area (Å²) in [7, 11) is -3.56. The first-order chi connectivity index (χ1) is 11.0. The molecule has 2 rings (SSSR count). The Morgan fingerprint density at radius 2 is 1.91 bits per heavy atom. The van der Waals surface area contributed by atoms with Gasteiger partial charge in [0.2, 0.25) is 15.9 Å². The smallest absolute Gasteiger partial charge is 0.244 e. The van der Waals surface area contributed by atoms with Gasteiger partial charge in [-0.15, -0.1) is 0 Å². The Morgan fingerprint density at radius 3 is 2.57 bits per heavy atom. The molecule has 1 aromatic carbocycles. The number of furan rings is 1. The molecule has 1 aromatic heterocycles. The molecule has 6 nitrogen and oxygen atoms in total. The number of hydrogen-bond acceptors (Lipinski definition) is 4. The fraction of sp³-hybridized carbons (Fsp3) is 0.188. The molecular formula is C16H18N2O4S. The number of aryl methyl sites for hydroxylation is 1. The van der Waals surface area contributed by atoms with E-state index in [0.717, 1.165) is 5.56 Å². The summed E-state index contributed by atoms with van der Waals surface area (Å²) in [6.07, 6.45) is 4.37. The Balaban J connectivity index is 1.76. The summed E-state index contributed by atoms with van der Waals surface area (Å²) in [5.74, 6) is 0.246. The van der Waals surface area contributed by atoms with Crippen molar-refractivity contribution in [3.05, 3.63) is 60.1 Å². The van der Waals surface area contributed by atoms with E-state index in [1.165, 1.54) is 18.4 Å². The number of rotatable bonds is 7. The molecule has 0 radical (unpaired) electrons. The quantitative estimate of drug-likeness (QED) is 0.596. The summed E-state index contributed by atoms with van der Waals surface area (Å²) in [4.78, 5) is 11.8. The van der Waals surface area contributed by atoms with Crippen LogP contribution >= 0.6 is 0 Å². The van der Waals surface area contributed by atoms with Gasteiger partial charge in [0.15, 0.2) is 0 Å². The van der Waals surface area contributed by atoms with E-state index in [1.807, 2.05) is 6.92 Å². The highest BCUT2D eigenvalue weighted by molar-refractivity contribution is 7.89. The first-order valence-corrected chi connectivity index (χ1v) is 8.51. The monoisotopic (exact) mass is 334 g/mol. The van der Waals surface area contributed by atoms with Crippen molar-refractivity contribution in [2.24, 2.45) is 0 Å². The molecule has 0 aliphatic heterocycles. The largest absolute Gasteiger partial charge is 0.465 e. The Hall–Kier alpha value is -2.38. The van der Waals surface area contributed by atoms with Crippen LogP contribution in [0.4, 0.5) is 0 Å². The number of carbonyl (C=O) groups excluding carboxylic acids is 1. The Kier molecular flexibility index (Phi) is 5.72. The molecule has 122 valence electrons. The second kappa shape index (κ2) is 7.75. The van der Waals surface area contributed by atoms with Gasteiger partial charge in [-0.2, -0.15) is 0 Å². The van der Waals surface area contributed by atoms with Crippen molar-refractivity contribution in [1.29, 1.82) is 0 Å². The molecule has 0 spiro atoms. The lowest BCUT2D eigenvalue weighted by Gasteiger charge is -2.07. The second-order valence-corrected chi connectivity index (χ2v) is 6.62. The maximum atomic E-state index is 12.0. The van der Waals surface area contributed by atoms with Crippen LogP contribution in [0.15, 0.2) is 58.1 Å². The van der Waals surface area contributed by atoms with Crippen molar-refractivity contribution < 1.29 is 17.6 Å². The molecule has 1 heterocycles. The zero-order valence-corrected chi connectivity index (χ0v) is 13.5. The molecule has 1 amide bonds. The van der Waals surface area contributed by atoms with Crippen LogP contribution in [0.2, 0.25) is 0 Å². The van der Waals surface area contributed by atoms with Gasteiger partial charge >= 0.3 is 0 Å². The molecule has 0 bridgehead atoms. The summed E-state index contributed by atoms with van der Waals surface area (Å²) in [6, 6.07) is 9.99. The second-order valence-electron chi connectivity index (χ2n) is 4.85. The fourth-order valence-corrected chi connectivity index (χ4v) is 2.81. The van der Waals surface area contributed by atoms with E-state index in [4.69, 9.17) is 4.42 Å². The van der Waals surface area contributed by atoms with Crippen LogP contribution in [0.5, 0.6) is 0 Å². The van der Waals surface area contributed by atoms with Crippen LogP contribution in [-0.2, 0) is 14.8 Å². The lowest BCUT2D eigenvalue weighted by molar-refractivity contribution is -0.116. The van der Waals surface area contributed by atoms with Gasteiger partial charge in [-0.3, -0.25) is 4.79 Å². The Bertz CT molecular complexity index is 763. The number of benzene rings is 1. The average Bonchev–Trinajstić information content (AvgIpc) is 3.03. The molecule has 0 fully saturated rings. The van der Waals surface area contributed by atoms with Gasteiger partial charge < -0.3 is 9.73 Å². The molecule has 0 saturated carbocycles. The lowest BCUT2D eigenvalue weighted by atomic mass is 10.2. The van der Waals surface area contributed by atoms with Crippen molar-refractivity contribution in [3.8, 4) is 0 Å². The molecule has 0 unspecified atom stereocenters. The van der Waals surface area contributed by atoms with E-state index in [0.29, 0.717) is 5.76 Å². The van der Waals surface area contributed by atoms with Crippen LogP contribution < -0.4 is 10.0 Å². The van der Waals surface area contributed by atoms with Crippen LogP contribution in [-0.4, -0.2) is 27.4 Å². The zero-order valence-electron chi connectivity index (χ0n) is 12.7. The van der Waals surface area contributed by atoms with Crippen molar-refractivity contribution in [3.63, 3.8) is 0 Å². The van der Waals surface area contributed by atoms with E-state index < -0.39 is 10.0 Å². The molecule has 0 aliphatic carbocycles. The predicted molar refractivity (Wildman–Crippen MR) is 87.1 cm³/mol. The Morgan fingerprint density at radius 1 is 1.17 bits per heavy atom. The number of nitrogens with one attached hydrogen (secondary N) is 2. The average molecular weight is 334 g/mol. The summed E-state index contributed by atoms with van der Waals surface area (Å²) in [5, 5.41) is 2.58. The van der Waals surface area contributed by atoms with Crippen molar-refractivity contribution >= 4 is 22.0 Å². The minimum atomic E-state index is -3.56. The van der Waals surface area contributed by atoms with Crippen molar-refractivity contribution in [1.82, 2.24) is 10.0 Å². The van der Waals surface area contributed by atoms with Crippen molar-refractivity contribution in [2.75, 3.05) is 13.1 Å². The van der Waals surface area contributed by atoms with Crippen LogP contribution in [0.3, 0.4) is 0 Å². The minimum absolute atomic E-state index is 0.108. The van der Waals surface area contributed by atoms with E-state index in [9.17, 15) is 13.2 Å². The number of carbonyl (C=O) groups is 1. The van der Waals surface area contributed by atoms with E-state index in [1.54, 1.807) is 36.4 Å². The summed E-state index contributed by atoms with van der Waals surface area (Å²) < 4.78 is 31.5. The zero-order chi connectivity index (χ0) is 16.7. The highest BCUT2D eigenvalue weighted by Crippen LogP contribution is 2.09. The molecule has 7 heteroatoms. The molecule has 2 aromatic rings. The highest BCUT2D eigenvalue weighted by atomic mass is 32.2. The SMILES string of the molecule is Cc1ccc(S(=O)(=O)NCCNC(=O)C=Cc2ccco2)cc1. The van der Waals surface area contributed by atoms with Gasteiger partial charge in [-0.25, -0.2) is 13.1 Å². The first kappa shape index (κ1) is 17.0. The third-order valence-electron chi connectivity index (χ3n) is 2.99. The van der Waals surface area contributed by atoms with Crippen LogP contribution in [0, 0.1) is 6.92 Å². The Labute approximate surface area is 135 Å². The number of hydrogen-bond donors (Lipinski definition) is 2. The topological polar surface area (TPSA) is 88.4 Å². The van der Waals surface area contributed by atoms with E-state index in [-0.39, 0.29) is 23.9 Å². The lowest BCUT2D eigenvalue weighted by Crippen LogP contribution is -2.34. The molecule has 0 atom stereocenters. The van der Waals surface area contributed by atoms with Gasteiger partial charge in [0.1, 0.15) is 5.76 Å². The van der Waals surface area contributed by atoms with E-state index >= 15 is 0 Å². The summed E-state index contributed by atoms with van der Waals surface area (Å²) in [6.45, 7) is 2.18. The molecule has 0 saturated heterocycles. The third-order valence-corrected chi connectivity index (χ3v) is 4.47. The highest BCUT2D eigenvalue weighted by Gasteiger charge is 2.12. The number of amides is 1. The van der Waals surface area contributed by atoms with Gasteiger partial charge in [-0.1, -0.05) is 17.7 Å². The standard InChI is InChI=1S/C16H18N2O4S/c1-13-4-7-15(8-5-13)23(20,21)18-11-10-17-16(19)9-6-14-3-2-12-22-14/h2-9,12,18H,10-11H2,1H3,(H,17,19). The summed E-state index contributed by atoms with van der Waals surface area (Å²) in [5.41, 5.74) is 0.986. The molecule has 23 heavy (non-hydrogen) atoms. The molecule has 0 aliphatic rings. The van der Waals surface area contributed by atoms with Gasteiger partial charge in [-0.05, 0) is 37.3 Å². The van der Waals surface area contributed by atoms with Gasteiger partial charge in [0.25, 0.3) is 0 Å². The van der Waals surface area contributed by atoms with Gasteiger partial charge in [0, 0.05) is 19.2 Å². The third kappa shape index (κ3) is 5.39. The fourth-order valence-electron chi connectivity index (χ4n) is 1.77. The summed E-state index contributed by atoms with van der Waals surface area (Å²) >= 11 is 0. The minimum Gasteiger partial charge on any atom is -0.465 e. The van der Waals surface area contributed by atoms with Crippen LogP contribution in [0.25, 0.3) is 6.08 Å². The van der Waals surface area contributed by atoms with Crippen molar-refractivity contribution in [2.45, 2.75) is 11.8 Å². The normalized spacial score (nSPS) is 11.7.